The van der Waals surface area contributed by atoms with Crippen LogP contribution in [0.4, 0.5) is 0 Å². The minimum absolute atomic E-state index is 0.650. The Bertz CT molecular complexity index is 1830. The number of fused-ring (bicyclic) bond motifs is 2. The third-order valence-corrected chi connectivity index (χ3v) is 7.30. The monoisotopic (exact) mass is 522 g/mol. The summed E-state index contributed by atoms with van der Waals surface area (Å²) in [5.74, 6) is 2.81. The first-order valence-electron chi connectivity index (χ1n) is 13.2. The van der Waals surface area contributed by atoms with Crippen LogP contribution in [-0.2, 0) is 0 Å². The fourth-order valence-electron chi connectivity index (χ4n) is 5.63. The van der Waals surface area contributed by atoms with Crippen LogP contribution in [0.5, 0.6) is 0 Å². The van der Waals surface area contributed by atoms with Gasteiger partial charge in [-0.05, 0) is 59.7 Å². The fourth-order valence-corrected chi connectivity index (χ4v) is 5.63. The summed E-state index contributed by atoms with van der Waals surface area (Å²) in [7, 11) is 0. The maximum atomic E-state index is 5.83. The van der Waals surface area contributed by atoms with E-state index in [9.17, 15) is 0 Å². The summed E-state index contributed by atoms with van der Waals surface area (Å²) in [5, 5.41) is 4.48. The first-order chi connectivity index (χ1) is 19.5. The highest BCUT2D eigenvalue weighted by molar-refractivity contribution is 6.20. The zero-order chi connectivity index (χ0) is 27.4. The van der Waals surface area contributed by atoms with E-state index in [0.717, 1.165) is 78.1 Å². The van der Waals surface area contributed by atoms with Crippen LogP contribution in [0, 0.1) is 27.7 Å². The lowest BCUT2D eigenvalue weighted by molar-refractivity contribution is 0.533. The normalized spacial score (nSPS) is 11.5. The Hall–Kier alpha value is -5.10. The van der Waals surface area contributed by atoms with Gasteiger partial charge in [0.15, 0.2) is 23.3 Å². The Morgan fingerprint density at radius 1 is 0.475 bits per heavy atom. The Morgan fingerprint density at radius 3 is 1.12 bits per heavy atom. The molecule has 4 heterocycles. The highest BCUT2D eigenvalue weighted by Crippen LogP contribution is 2.43. The summed E-state index contributed by atoms with van der Waals surface area (Å²) < 4.78 is 11.7. The minimum Gasteiger partial charge on any atom is -0.441 e. The van der Waals surface area contributed by atoms with Crippen LogP contribution in [0.15, 0.2) is 94.0 Å². The molecule has 40 heavy (non-hydrogen) atoms. The largest absolute Gasteiger partial charge is 0.441 e. The Kier molecular flexibility index (Phi) is 5.56. The van der Waals surface area contributed by atoms with Gasteiger partial charge >= 0.3 is 0 Å². The van der Waals surface area contributed by atoms with E-state index in [0.29, 0.717) is 11.8 Å². The molecular weight excluding hydrogens is 496 g/mol. The van der Waals surface area contributed by atoms with Gasteiger partial charge in [0.25, 0.3) is 0 Å². The van der Waals surface area contributed by atoms with E-state index in [1.54, 1.807) is 0 Å². The molecule has 7 rings (SSSR count). The molecule has 0 radical (unpaired) electrons. The van der Waals surface area contributed by atoms with Gasteiger partial charge in [-0.2, -0.15) is 0 Å². The van der Waals surface area contributed by atoms with Crippen molar-refractivity contribution in [2.45, 2.75) is 27.7 Å². The molecule has 4 aromatic heterocycles. The Balaban J connectivity index is 1.41. The molecule has 0 bridgehead atoms. The van der Waals surface area contributed by atoms with Crippen LogP contribution >= 0.6 is 0 Å². The van der Waals surface area contributed by atoms with Crippen LogP contribution in [-0.4, -0.2) is 19.9 Å². The van der Waals surface area contributed by atoms with Crippen LogP contribution < -0.4 is 0 Å². The van der Waals surface area contributed by atoms with Crippen LogP contribution in [0.2, 0.25) is 0 Å². The van der Waals surface area contributed by atoms with Crippen molar-refractivity contribution in [2.75, 3.05) is 0 Å². The van der Waals surface area contributed by atoms with Gasteiger partial charge in [0.05, 0.1) is 22.8 Å². The summed E-state index contributed by atoms with van der Waals surface area (Å²) in [5.41, 5.74) is 7.53. The summed E-state index contributed by atoms with van der Waals surface area (Å²) in [6.45, 7) is 7.62. The summed E-state index contributed by atoms with van der Waals surface area (Å²) in [6.07, 6.45) is 3.74. The number of aryl methyl sites for hydroxylation is 4. The average molecular weight is 523 g/mol. The molecule has 3 aromatic carbocycles. The maximum Gasteiger partial charge on any atom is 0.192 e. The first-order valence-corrected chi connectivity index (χ1v) is 13.2. The molecule has 0 aliphatic rings. The molecule has 0 saturated heterocycles. The molecule has 0 spiro atoms. The maximum absolute atomic E-state index is 5.83. The smallest absolute Gasteiger partial charge is 0.192 e. The molecular formula is C34H26N4O2. The average Bonchev–Trinajstić information content (AvgIpc) is 3.50. The van der Waals surface area contributed by atoms with Crippen molar-refractivity contribution in [3.8, 4) is 45.2 Å². The molecule has 194 valence electrons. The second-order valence-corrected chi connectivity index (χ2v) is 10.0. The van der Waals surface area contributed by atoms with E-state index >= 15 is 0 Å². The van der Waals surface area contributed by atoms with Crippen molar-refractivity contribution in [1.29, 1.82) is 0 Å². The minimum atomic E-state index is 0.650. The molecule has 0 N–H and O–H groups in total. The Labute approximate surface area is 231 Å². The number of pyridine rings is 2. The topological polar surface area (TPSA) is 77.8 Å². The van der Waals surface area contributed by atoms with Gasteiger partial charge in [0, 0.05) is 48.5 Å². The van der Waals surface area contributed by atoms with E-state index in [1.807, 2.05) is 40.1 Å². The van der Waals surface area contributed by atoms with Gasteiger partial charge in [0.2, 0.25) is 0 Å². The predicted molar refractivity (Wildman–Crippen MR) is 158 cm³/mol. The molecule has 0 atom stereocenters. The third-order valence-electron chi connectivity index (χ3n) is 7.30. The van der Waals surface area contributed by atoms with Crippen molar-refractivity contribution in [3.05, 3.63) is 108 Å². The molecule has 0 saturated carbocycles. The highest BCUT2D eigenvalue weighted by atomic mass is 16.4. The van der Waals surface area contributed by atoms with Gasteiger partial charge < -0.3 is 8.83 Å². The van der Waals surface area contributed by atoms with Crippen molar-refractivity contribution in [1.82, 2.24) is 19.9 Å². The zero-order valence-corrected chi connectivity index (χ0v) is 22.7. The van der Waals surface area contributed by atoms with Gasteiger partial charge in [-0.3, -0.25) is 9.97 Å². The Morgan fingerprint density at radius 2 is 0.850 bits per heavy atom. The lowest BCUT2D eigenvalue weighted by Gasteiger charge is -2.17. The van der Waals surface area contributed by atoms with Gasteiger partial charge in [-0.25, -0.2) is 9.97 Å². The van der Waals surface area contributed by atoms with E-state index < -0.39 is 0 Å². The van der Waals surface area contributed by atoms with Gasteiger partial charge in [-0.1, -0.05) is 48.5 Å². The number of hydrogen-bond donors (Lipinski definition) is 0. The summed E-state index contributed by atoms with van der Waals surface area (Å²) >= 11 is 0. The molecule has 0 aliphatic carbocycles. The van der Waals surface area contributed by atoms with E-state index in [2.05, 4.69) is 82.8 Å². The predicted octanol–water partition coefficient (Wildman–Crippen LogP) is 8.66. The van der Waals surface area contributed by atoms with E-state index in [4.69, 9.17) is 18.8 Å². The van der Waals surface area contributed by atoms with Crippen molar-refractivity contribution in [3.63, 3.8) is 0 Å². The number of benzene rings is 3. The SMILES string of the molecule is Cc1nc(C)c(-c2ccc(-c3c4ccccc4c(-c4ccc(-c5oc(C)nc5C)cn4)c4ccccc34)nc2)o1. The molecule has 6 nitrogen and oxygen atoms in total. The lowest BCUT2D eigenvalue weighted by Crippen LogP contribution is -1.94. The van der Waals surface area contributed by atoms with Crippen LogP contribution in [0.3, 0.4) is 0 Å². The van der Waals surface area contributed by atoms with Crippen molar-refractivity contribution >= 4 is 21.5 Å². The number of rotatable bonds is 4. The van der Waals surface area contributed by atoms with E-state index in [1.165, 1.54) is 0 Å². The quantitative estimate of drug-likeness (QED) is 0.215. The lowest BCUT2D eigenvalue weighted by atomic mass is 9.88. The number of nitrogens with zero attached hydrogens (tertiary/aromatic N) is 4. The first kappa shape index (κ1) is 24.0. The number of oxazole rings is 2. The molecule has 0 fully saturated rings. The molecule has 0 unspecified atom stereocenters. The molecule has 6 heteroatoms. The van der Waals surface area contributed by atoms with Gasteiger partial charge in [-0.15, -0.1) is 0 Å². The summed E-state index contributed by atoms with van der Waals surface area (Å²) in [4.78, 5) is 18.6. The zero-order valence-electron chi connectivity index (χ0n) is 22.7. The van der Waals surface area contributed by atoms with Gasteiger partial charge in [0.1, 0.15) is 0 Å². The van der Waals surface area contributed by atoms with Crippen LogP contribution in [0.1, 0.15) is 23.2 Å². The third kappa shape index (κ3) is 3.88. The van der Waals surface area contributed by atoms with Crippen LogP contribution in [0.25, 0.3) is 66.7 Å². The number of hydrogen-bond acceptors (Lipinski definition) is 6. The second-order valence-electron chi connectivity index (χ2n) is 10.0. The molecule has 7 aromatic rings. The highest BCUT2D eigenvalue weighted by Gasteiger charge is 2.19. The molecule has 0 aliphatic heterocycles. The van der Waals surface area contributed by atoms with Crippen molar-refractivity contribution < 1.29 is 8.83 Å². The fraction of sp³-hybridized carbons (Fsp3) is 0.118. The summed E-state index contributed by atoms with van der Waals surface area (Å²) in [6, 6.07) is 25.2. The second kappa shape index (κ2) is 9.27. The molecule has 0 amide bonds. The number of aromatic nitrogens is 4. The van der Waals surface area contributed by atoms with Crippen molar-refractivity contribution in [2.24, 2.45) is 0 Å². The standard InChI is InChI=1S/C34H26N4O2/c1-19-33(39-21(3)37-19)23-13-15-29(35-17-23)31-25-9-5-7-11-27(25)32(28-12-8-6-10-26(28)31)30-16-14-24(18-36-30)34-20(2)38-22(4)40-34/h5-18H,1-4H3. The van der Waals surface area contributed by atoms with E-state index in [-0.39, 0.29) is 0 Å².